The van der Waals surface area contributed by atoms with E-state index in [4.69, 9.17) is 4.74 Å². The highest BCUT2D eigenvalue weighted by Gasteiger charge is 2.07. The van der Waals surface area contributed by atoms with E-state index in [1.54, 1.807) is 0 Å². The summed E-state index contributed by atoms with van der Waals surface area (Å²) in [5.74, 6) is 0.915. The van der Waals surface area contributed by atoms with Gasteiger partial charge in [0.15, 0.2) is 0 Å². The molecular weight excluding hydrogens is 302 g/mol. The van der Waals surface area contributed by atoms with E-state index in [1.165, 1.54) is 5.56 Å². The lowest BCUT2D eigenvalue weighted by atomic mass is 10.1. The van der Waals surface area contributed by atoms with E-state index in [0.29, 0.717) is 12.6 Å². The topological polar surface area (TPSA) is 21.3 Å². The zero-order valence-corrected chi connectivity index (χ0v) is 12.6. The van der Waals surface area contributed by atoms with E-state index in [-0.39, 0.29) is 0 Å². The van der Waals surface area contributed by atoms with Crippen molar-refractivity contribution in [1.82, 2.24) is 5.32 Å². The highest BCUT2D eigenvalue weighted by Crippen LogP contribution is 2.22. The fourth-order valence-electron chi connectivity index (χ4n) is 1.90. The fourth-order valence-corrected chi connectivity index (χ4v) is 2.53. The van der Waals surface area contributed by atoms with Crippen LogP contribution in [0.4, 0.5) is 0 Å². The minimum Gasteiger partial charge on any atom is -0.492 e. The van der Waals surface area contributed by atoms with Crippen molar-refractivity contribution >= 4 is 15.9 Å². The zero-order chi connectivity index (χ0) is 13.5. The van der Waals surface area contributed by atoms with Gasteiger partial charge in [-0.05, 0) is 30.7 Å². The Hall–Kier alpha value is -1.32. The Morgan fingerprint density at radius 1 is 1.05 bits per heavy atom. The number of para-hydroxylation sites is 1. The van der Waals surface area contributed by atoms with Crippen molar-refractivity contribution in [3.63, 3.8) is 0 Å². The van der Waals surface area contributed by atoms with Crippen LogP contribution >= 0.6 is 15.9 Å². The second-order valence-electron chi connectivity index (χ2n) is 4.36. The number of hydrogen-bond acceptors (Lipinski definition) is 2. The molecule has 2 rings (SSSR count). The minimum absolute atomic E-state index is 0.301. The molecule has 0 aliphatic carbocycles. The molecule has 1 atom stereocenters. The summed E-state index contributed by atoms with van der Waals surface area (Å²) in [5.41, 5.74) is 1.27. The van der Waals surface area contributed by atoms with E-state index in [0.717, 1.165) is 16.8 Å². The van der Waals surface area contributed by atoms with Crippen LogP contribution < -0.4 is 10.1 Å². The Morgan fingerprint density at radius 2 is 1.74 bits per heavy atom. The fraction of sp³-hybridized carbons (Fsp3) is 0.250. The molecule has 0 aromatic heterocycles. The predicted molar refractivity (Wildman–Crippen MR) is 82.5 cm³/mol. The molecule has 2 aromatic carbocycles. The predicted octanol–water partition coefficient (Wildman–Crippen LogP) is 4.18. The Labute approximate surface area is 122 Å². The molecule has 0 heterocycles. The molecule has 3 heteroatoms. The van der Waals surface area contributed by atoms with Gasteiger partial charge in [0.2, 0.25) is 0 Å². The van der Waals surface area contributed by atoms with Crippen molar-refractivity contribution in [2.75, 3.05) is 13.2 Å². The van der Waals surface area contributed by atoms with E-state index < -0.39 is 0 Å². The Kier molecular flexibility index (Phi) is 5.43. The van der Waals surface area contributed by atoms with Crippen LogP contribution in [0.5, 0.6) is 5.75 Å². The highest BCUT2D eigenvalue weighted by atomic mass is 79.9. The summed E-state index contributed by atoms with van der Waals surface area (Å²) in [6.45, 7) is 3.64. The lowest BCUT2D eigenvalue weighted by Gasteiger charge is -2.16. The maximum atomic E-state index is 5.65. The summed E-state index contributed by atoms with van der Waals surface area (Å²) in [6, 6.07) is 18.5. The number of halogens is 1. The van der Waals surface area contributed by atoms with Crippen LogP contribution in [0.15, 0.2) is 59.1 Å². The number of hydrogen-bond donors (Lipinski definition) is 1. The molecule has 0 amide bonds. The van der Waals surface area contributed by atoms with Crippen LogP contribution in [0.1, 0.15) is 18.5 Å². The monoisotopic (exact) mass is 319 g/mol. The lowest BCUT2D eigenvalue weighted by molar-refractivity contribution is 0.307. The van der Waals surface area contributed by atoms with Crippen LogP contribution in [0.25, 0.3) is 0 Å². The molecule has 0 saturated carbocycles. The molecule has 0 fully saturated rings. The summed E-state index contributed by atoms with van der Waals surface area (Å²) in [7, 11) is 0. The van der Waals surface area contributed by atoms with Gasteiger partial charge in [0.25, 0.3) is 0 Å². The van der Waals surface area contributed by atoms with Gasteiger partial charge >= 0.3 is 0 Å². The summed E-state index contributed by atoms with van der Waals surface area (Å²) in [6.07, 6.45) is 0. The van der Waals surface area contributed by atoms with Gasteiger partial charge in [-0.3, -0.25) is 0 Å². The molecule has 0 spiro atoms. The molecule has 0 aliphatic heterocycles. The van der Waals surface area contributed by atoms with E-state index in [2.05, 4.69) is 46.4 Å². The van der Waals surface area contributed by atoms with Crippen molar-refractivity contribution in [2.24, 2.45) is 0 Å². The van der Waals surface area contributed by atoms with Crippen molar-refractivity contribution in [3.8, 4) is 5.75 Å². The van der Waals surface area contributed by atoms with Gasteiger partial charge in [0.1, 0.15) is 12.4 Å². The zero-order valence-electron chi connectivity index (χ0n) is 11.0. The molecule has 0 aliphatic rings. The highest BCUT2D eigenvalue weighted by molar-refractivity contribution is 9.10. The Bertz CT molecular complexity index is 501. The third-order valence-corrected chi connectivity index (χ3v) is 3.66. The van der Waals surface area contributed by atoms with Crippen LogP contribution in [0.2, 0.25) is 0 Å². The maximum absolute atomic E-state index is 5.65. The number of ether oxygens (including phenoxy) is 1. The van der Waals surface area contributed by atoms with E-state index >= 15 is 0 Å². The SMILES string of the molecule is C[C@@H](NCCOc1ccccc1)c1ccccc1Br. The average molecular weight is 320 g/mol. The summed E-state index contributed by atoms with van der Waals surface area (Å²) in [5, 5.41) is 3.45. The van der Waals surface area contributed by atoms with Crippen molar-refractivity contribution in [2.45, 2.75) is 13.0 Å². The smallest absolute Gasteiger partial charge is 0.119 e. The van der Waals surface area contributed by atoms with Crippen LogP contribution in [-0.2, 0) is 0 Å². The van der Waals surface area contributed by atoms with Crippen molar-refractivity contribution < 1.29 is 4.74 Å². The van der Waals surface area contributed by atoms with Crippen LogP contribution in [0, 0.1) is 0 Å². The number of rotatable bonds is 6. The van der Waals surface area contributed by atoms with Gasteiger partial charge in [-0.15, -0.1) is 0 Å². The second kappa shape index (κ2) is 7.31. The first-order valence-corrected chi connectivity index (χ1v) is 7.22. The van der Waals surface area contributed by atoms with Crippen molar-refractivity contribution in [3.05, 3.63) is 64.6 Å². The first-order valence-electron chi connectivity index (χ1n) is 6.43. The van der Waals surface area contributed by atoms with Crippen molar-refractivity contribution in [1.29, 1.82) is 0 Å². The molecule has 100 valence electrons. The van der Waals surface area contributed by atoms with Gasteiger partial charge in [-0.1, -0.05) is 52.3 Å². The third kappa shape index (κ3) is 4.37. The molecule has 0 radical (unpaired) electrons. The molecule has 0 unspecified atom stereocenters. The molecular formula is C16H18BrNO. The largest absolute Gasteiger partial charge is 0.492 e. The molecule has 0 saturated heterocycles. The van der Waals surface area contributed by atoms with E-state index in [9.17, 15) is 0 Å². The molecule has 1 N–H and O–H groups in total. The van der Waals surface area contributed by atoms with Gasteiger partial charge in [-0.25, -0.2) is 0 Å². The second-order valence-corrected chi connectivity index (χ2v) is 5.21. The minimum atomic E-state index is 0.301. The number of benzene rings is 2. The van der Waals surface area contributed by atoms with Gasteiger partial charge in [0, 0.05) is 17.1 Å². The maximum Gasteiger partial charge on any atom is 0.119 e. The molecule has 0 bridgehead atoms. The van der Waals surface area contributed by atoms with Gasteiger partial charge in [-0.2, -0.15) is 0 Å². The normalized spacial score (nSPS) is 12.1. The first kappa shape index (κ1) is 14.1. The molecule has 19 heavy (non-hydrogen) atoms. The third-order valence-electron chi connectivity index (χ3n) is 2.94. The molecule has 2 nitrogen and oxygen atoms in total. The van der Waals surface area contributed by atoms with Gasteiger partial charge < -0.3 is 10.1 Å². The Balaban J connectivity index is 1.76. The van der Waals surface area contributed by atoms with Crippen LogP contribution in [0.3, 0.4) is 0 Å². The summed E-state index contributed by atoms with van der Waals surface area (Å²) in [4.78, 5) is 0. The van der Waals surface area contributed by atoms with Crippen LogP contribution in [-0.4, -0.2) is 13.2 Å². The lowest BCUT2D eigenvalue weighted by Crippen LogP contribution is -2.24. The summed E-state index contributed by atoms with van der Waals surface area (Å²) >= 11 is 3.57. The number of nitrogens with one attached hydrogen (secondary N) is 1. The quantitative estimate of drug-likeness (QED) is 0.806. The average Bonchev–Trinajstić information content (AvgIpc) is 2.45. The standard InChI is InChI=1S/C16H18BrNO/c1-13(15-9-5-6-10-16(15)17)18-11-12-19-14-7-3-2-4-8-14/h2-10,13,18H,11-12H2,1H3/t13-/m1/s1. The first-order chi connectivity index (χ1) is 9.27. The van der Waals surface area contributed by atoms with Gasteiger partial charge in [0.05, 0.1) is 0 Å². The Morgan fingerprint density at radius 3 is 2.47 bits per heavy atom. The molecule has 2 aromatic rings. The van der Waals surface area contributed by atoms with E-state index in [1.807, 2.05) is 36.4 Å². The summed E-state index contributed by atoms with van der Waals surface area (Å²) < 4.78 is 6.79.